The number of aryl methyl sites for hydroxylation is 2. The van der Waals surface area contributed by atoms with Crippen molar-refractivity contribution in [2.24, 2.45) is 7.05 Å². The molecule has 98 valence electrons. The molecule has 0 aliphatic heterocycles. The van der Waals surface area contributed by atoms with E-state index in [0.717, 1.165) is 6.07 Å². The van der Waals surface area contributed by atoms with Gasteiger partial charge in [0.05, 0.1) is 17.1 Å². The highest BCUT2D eigenvalue weighted by molar-refractivity contribution is 9.10. The van der Waals surface area contributed by atoms with Gasteiger partial charge in [0.1, 0.15) is 5.52 Å². The van der Waals surface area contributed by atoms with E-state index in [1.165, 1.54) is 11.8 Å². The molecule has 0 saturated heterocycles. The predicted octanol–water partition coefficient (Wildman–Crippen LogP) is 3.67. The lowest BCUT2D eigenvalue weighted by Gasteiger charge is -2.12. The first kappa shape index (κ1) is 13.2. The van der Waals surface area contributed by atoms with Crippen molar-refractivity contribution in [3.63, 3.8) is 0 Å². The van der Waals surface area contributed by atoms with E-state index in [4.69, 9.17) is 4.74 Å². The molecule has 1 aromatic carbocycles. The molecule has 0 aliphatic carbocycles. The van der Waals surface area contributed by atoms with Crippen LogP contribution in [0.3, 0.4) is 0 Å². The van der Waals surface area contributed by atoms with E-state index < -0.39 is 11.7 Å². The number of methoxy groups -OCH3 is 1. The molecule has 7 heteroatoms. The summed E-state index contributed by atoms with van der Waals surface area (Å²) in [6.45, 7) is 1.71. The highest BCUT2D eigenvalue weighted by atomic mass is 79.9. The van der Waals surface area contributed by atoms with Crippen LogP contribution in [0.15, 0.2) is 10.5 Å². The molecule has 0 spiro atoms. The van der Waals surface area contributed by atoms with Crippen molar-refractivity contribution in [1.29, 1.82) is 0 Å². The van der Waals surface area contributed by atoms with Gasteiger partial charge in [-0.05, 0) is 28.9 Å². The standard InChI is InChI=1S/C11H10BrF3N2O/c1-5-6-4-7(11(13,14)15)8(12)10(18-3)9(6)16-17(5)2/h4H,1-3H3. The van der Waals surface area contributed by atoms with Crippen LogP contribution in [0.5, 0.6) is 5.75 Å². The largest absolute Gasteiger partial charge is 0.493 e. The van der Waals surface area contributed by atoms with E-state index in [2.05, 4.69) is 21.0 Å². The number of hydrogen-bond donors (Lipinski definition) is 0. The smallest absolute Gasteiger partial charge is 0.417 e. The molecule has 0 bridgehead atoms. The summed E-state index contributed by atoms with van der Waals surface area (Å²) in [6, 6.07) is 1.09. The highest BCUT2D eigenvalue weighted by Gasteiger charge is 2.36. The van der Waals surface area contributed by atoms with E-state index in [-0.39, 0.29) is 10.2 Å². The third-order valence-corrected chi connectivity index (χ3v) is 3.62. The van der Waals surface area contributed by atoms with Gasteiger partial charge in [0, 0.05) is 18.1 Å². The average Bonchev–Trinajstić information content (AvgIpc) is 2.53. The minimum atomic E-state index is -4.44. The molecule has 0 atom stereocenters. The van der Waals surface area contributed by atoms with Crippen molar-refractivity contribution in [2.45, 2.75) is 13.1 Å². The first-order chi connectivity index (χ1) is 8.27. The van der Waals surface area contributed by atoms with Crippen molar-refractivity contribution < 1.29 is 17.9 Å². The second-order valence-corrected chi connectivity index (χ2v) is 4.67. The molecule has 0 unspecified atom stereocenters. The Labute approximate surface area is 110 Å². The number of nitrogens with zero attached hydrogens (tertiary/aromatic N) is 2. The lowest BCUT2D eigenvalue weighted by molar-refractivity contribution is -0.138. The first-order valence-electron chi connectivity index (χ1n) is 5.04. The Balaban J connectivity index is 2.92. The van der Waals surface area contributed by atoms with Crippen molar-refractivity contribution in [3.8, 4) is 5.75 Å². The quantitative estimate of drug-likeness (QED) is 0.801. The van der Waals surface area contributed by atoms with Crippen LogP contribution in [0.4, 0.5) is 13.2 Å². The van der Waals surface area contributed by atoms with E-state index in [9.17, 15) is 13.2 Å². The zero-order chi connectivity index (χ0) is 13.7. The van der Waals surface area contributed by atoms with Gasteiger partial charge in [0.2, 0.25) is 0 Å². The Bertz CT molecular complexity index is 619. The third-order valence-electron chi connectivity index (χ3n) is 2.83. The third kappa shape index (κ3) is 1.86. The molecule has 0 aliphatic rings. The second kappa shape index (κ2) is 4.15. The summed E-state index contributed by atoms with van der Waals surface area (Å²) in [4.78, 5) is 0. The molecule has 1 aromatic heterocycles. The minimum Gasteiger partial charge on any atom is -0.493 e. The Morgan fingerprint density at radius 2 is 2.00 bits per heavy atom. The highest BCUT2D eigenvalue weighted by Crippen LogP contribution is 2.43. The summed E-state index contributed by atoms with van der Waals surface area (Å²) < 4.78 is 45.2. The second-order valence-electron chi connectivity index (χ2n) is 3.87. The molecule has 2 rings (SSSR count). The molecular weight excluding hydrogens is 313 g/mol. The molecule has 0 fully saturated rings. The maximum atomic E-state index is 12.9. The Hall–Kier alpha value is -1.24. The van der Waals surface area contributed by atoms with E-state index in [0.29, 0.717) is 16.6 Å². The average molecular weight is 323 g/mol. The lowest BCUT2D eigenvalue weighted by Crippen LogP contribution is -2.07. The summed E-state index contributed by atoms with van der Waals surface area (Å²) in [5.74, 6) is 0.100. The van der Waals surface area contributed by atoms with Gasteiger partial charge in [0.15, 0.2) is 5.75 Å². The van der Waals surface area contributed by atoms with Crippen LogP contribution in [0.25, 0.3) is 10.9 Å². The van der Waals surface area contributed by atoms with Crippen LogP contribution in [0.2, 0.25) is 0 Å². The van der Waals surface area contributed by atoms with Crippen molar-refractivity contribution >= 4 is 26.8 Å². The van der Waals surface area contributed by atoms with Gasteiger partial charge in [-0.1, -0.05) is 0 Å². The molecule has 0 saturated carbocycles. The van der Waals surface area contributed by atoms with Gasteiger partial charge in [0.25, 0.3) is 0 Å². The Kier molecular flexibility index (Phi) is 3.04. The van der Waals surface area contributed by atoms with Gasteiger partial charge in [-0.2, -0.15) is 18.3 Å². The summed E-state index contributed by atoms with van der Waals surface area (Å²) in [7, 11) is 3.00. The normalized spacial score (nSPS) is 12.2. The van der Waals surface area contributed by atoms with Gasteiger partial charge in [-0.25, -0.2) is 0 Å². The van der Waals surface area contributed by atoms with Crippen molar-refractivity contribution in [2.75, 3.05) is 7.11 Å². The SMILES string of the molecule is COc1c(Br)c(C(F)(F)F)cc2c(C)n(C)nc12. The van der Waals surface area contributed by atoms with Crippen molar-refractivity contribution in [3.05, 3.63) is 21.8 Å². The van der Waals surface area contributed by atoms with Gasteiger partial charge >= 0.3 is 6.18 Å². The predicted molar refractivity (Wildman–Crippen MR) is 64.7 cm³/mol. The van der Waals surface area contributed by atoms with Gasteiger partial charge in [-0.3, -0.25) is 4.68 Å². The van der Waals surface area contributed by atoms with E-state index in [1.807, 2.05) is 0 Å². The fraction of sp³-hybridized carbons (Fsp3) is 0.364. The number of aromatic nitrogens is 2. The van der Waals surface area contributed by atoms with Crippen molar-refractivity contribution in [1.82, 2.24) is 9.78 Å². The molecule has 3 nitrogen and oxygen atoms in total. The summed E-state index contributed by atoms with van der Waals surface area (Å²) in [6.07, 6.45) is -4.44. The number of ether oxygens (including phenoxy) is 1. The zero-order valence-corrected chi connectivity index (χ0v) is 11.5. The molecular formula is C11H10BrF3N2O. The molecule has 18 heavy (non-hydrogen) atoms. The Morgan fingerprint density at radius 1 is 1.39 bits per heavy atom. The van der Waals surface area contributed by atoms with Crippen LogP contribution in [-0.2, 0) is 13.2 Å². The molecule has 0 radical (unpaired) electrons. The van der Waals surface area contributed by atoms with Crippen LogP contribution in [0.1, 0.15) is 11.3 Å². The zero-order valence-electron chi connectivity index (χ0n) is 9.89. The molecule has 1 heterocycles. The van der Waals surface area contributed by atoms with Crippen LogP contribution < -0.4 is 4.74 Å². The fourth-order valence-electron chi connectivity index (χ4n) is 1.79. The van der Waals surface area contributed by atoms with Crippen LogP contribution in [-0.4, -0.2) is 16.9 Å². The number of hydrogen-bond acceptors (Lipinski definition) is 2. The lowest BCUT2D eigenvalue weighted by atomic mass is 10.1. The molecule has 0 amide bonds. The maximum Gasteiger partial charge on any atom is 0.417 e. The number of fused-ring (bicyclic) bond motifs is 1. The maximum absolute atomic E-state index is 12.9. The molecule has 2 aromatic rings. The number of benzene rings is 1. The first-order valence-corrected chi connectivity index (χ1v) is 5.83. The van der Waals surface area contributed by atoms with E-state index in [1.54, 1.807) is 14.0 Å². The van der Waals surface area contributed by atoms with Gasteiger partial charge < -0.3 is 4.74 Å². The van der Waals surface area contributed by atoms with Crippen LogP contribution in [0, 0.1) is 6.92 Å². The minimum absolute atomic E-state index is 0.100. The van der Waals surface area contributed by atoms with Gasteiger partial charge in [-0.15, -0.1) is 0 Å². The monoisotopic (exact) mass is 322 g/mol. The summed E-state index contributed by atoms with van der Waals surface area (Å²) in [5, 5.41) is 4.60. The van der Waals surface area contributed by atoms with Crippen LogP contribution >= 0.6 is 15.9 Å². The number of halogens is 4. The number of rotatable bonds is 1. The number of alkyl halides is 3. The van der Waals surface area contributed by atoms with E-state index >= 15 is 0 Å². The summed E-state index contributed by atoms with van der Waals surface area (Å²) >= 11 is 2.94. The molecule has 0 N–H and O–H groups in total. The topological polar surface area (TPSA) is 27.1 Å². The summed E-state index contributed by atoms with van der Waals surface area (Å²) in [5.41, 5.74) is 0.307. The fourth-order valence-corrected chi connectivity index (χ4v) is 2.48. The Morgan fingerprint density at radius 3 is 2.50 bits per heavy atom.